The van der Waals surface area contributed by atoms with E-state index in [1.54, 1.807) is 11.9 Å². The molecule has 0 radical (unpaired) electrons. The fourth-order valence-electron chi connectivity index (χ4n) is 2.78. The van der Waals surface area contributed by atoms with Crippen LogP contribution >= 0.6 is 0 Å². The highest BCUT2D eigenvalue weighted by molar-refractivity contribution is 5.93. The number of carboxylic acid groups (broad SMARTS) is 1. The van der Waals surface area contributed by atoms with Crippen molar-refractivity contribution in [1.82, 2.24) is 9.80 Å². The Morgan fingerprint density at radius 3 is 2.68 bits per heavy atom. The van der Waals surface area contributed by atoms with Gasteiger partial charge in [-0.05, 0) is 20.0 Å². The second kappa shape index (κ2) is 6.50. The molecule has 0 aromatic carbocycles. The van der Waals surface area contributed by atoms with Gasteiger partial charge in [0, 0.05) is 25.1 Å². The molecule has 0 spiro atoms. The molecule has 1 aromatic heterocycles. The van der Waals surface area contributed by atoms with Crippen LogP contribution in [0.3, 0.4) is 0 Å². The van der Waals surface area contributed by atoms with Crippen LogP contribution in [0.15, 0.2) is 10.5 Å². The molecule has 1 saturated heterocycles. The van der Waals surface area contributed by atoms with Gasteiger partial charge in [-0.15, -0.1) is 0 Å². The molecule has 1 fully saturated rings. The fourth-order valence-corrected chi connectivity index (χ4v) is 2.78. The predicted molar refractivity (Wildman–Crippen MR) is 78.8 cm³/mol. The highest BCUT2D eigenvalue weighted by atomic mass is 16.4. The first-order valence-electron chi connectivity index (χ1n) is 7.32. The molecule has 1 aliphatic rings. The van der Waals surface area contributed by atoms with Crippen LogP contribution in [0, 0.1) is 6.92 Å². The average molecular weight is 310 g/mol. The number of furan rings is 1. The monoisotopic (exact) mass is 310 g/mol. The van der Waals surface area contributed by atoms with Crippen LogP contribution in [0.25, 0.3) is 0 Å². The highest BCUT2D eigenvalue weighted by Gasteiger charge is 2.38. The Hall–Kier alpha value is -1.86. The largest absolute Gasteiger partial charge is 0.480 e. The summed E-state index contributed by atoms with van der Waals surface area (Å²) in [5.41, 5.74) is 0.777. The van der Waals surface area contributed by atoms with Crippen LogP contribution in [-0.4, -0.2) is 70.7 Å². The van der Waals surface area contributed by atoms with Gasteiger partial charge >= 0.3 is 5.97 Å². The van der Waals surface area contributed by atoms with Crippen LogP contribution in [0.4, 0.5) is 0 Å². The third-order valence-corrected chi connectivity index (χ3v) is 4.01. The molecule has 7 nitrogen and oxygen atoms in total. The summed E-state index contributed by atoms with van der Waals surface area (Å²) >= 11 is 0. The number of aliphatic hydroxyl groups is 1. The molecule has 0 saturated carbocycles. The number of aliphatic hydroxyl groups excluding tert-OH is 1. The number of aliphatic carboxylic acids is 1. The zero-order valence-corrected chi connectivity index (χ0v) is 13.1. The van der Waals surface area contributed by atoms with Gasteiger partial charge in [-0.3, -0.25) is 14.5 Å². The first-order valence-corrected chi connectivity index (χ1v) is 7.32. The minimum atomic E-state index is -0.964. The third-order valence-electron chi connectivity index (χ3n) is 4.01. The Balaban J connectivity index is 2.09. The topological polar surface area (TPSA) is 94.2 Å². The van der Waals surface area contributed by atoms with Crippen LogP contribution in [-0.2, 0) is 11.2 Å². The van der Waals surface area contributed by atoms with Crippen molar-refractivity contribution in [2.75, 3.05) is 26.7 Å². The summed E-state index contributed by atoms with van der Waals surface area (Å²) in [6, 6.07) is 1.45. The first-order chi connectivity index (χ1) is 10.3. The molecular formula is C15H22N2O5. The standard InChI is InChI=1S/C15H22N2O5/c1-4-10-5-9(2)14(22-10)15(21)17-6-11(12(18)7-17)16(3)8-13(19)20/h5,11-12,18H,4,6-8H2,1-3H3,(H,19,20)/t11-,12+/m0/s1. The van der Waals surface area contributed by atoms with Crippen molar-refractivity contribution in [3.05, 3.63) is 23.2 Å². The van der Waals surface area contributed by atoms with E-state index in [2.05, 4.69) is 0 Å². The van der Waals surface area contributed by atoms with Crippen molar-refractivity contribution in [3.63, 3.8) is 0 Å². The number of carbonyl (C=O) groups excluding carboxylic acids is 1. The molecule has 0 unspecified atom stereocenters. The lowest BCUT2D eigenvalue weighted by atomic mass is 10.2. The summed E-state index contributed by atoms with van der Waals surface area (Å²) in [6.07, 6.45) is -0.0602. The zero-order chi connectivity index (χ0) is 16.4. The lowest BCUT2D eigenvalue weighted by molar-refractivity contribution is -0.138. The van der Waals surface area contributed by atoms with Crippen LogP contribution in [0.5, 0.6) is 0 Å². The molecule has 1 aromatic rings. The number of amides is 1. The van der Waals surface area contributed by atoms with Gasteiger partial charge in [0.2, 0.25) is 0 Å². The van der Waals surface area contributed by atoms with E-state index in [1.165, 1.54) is 4.90 Å². The van der Waals surface area contributed by atoms with E-state index < -0.39 is 12.1 Å². The highest BCUT2D eigenvalue weighted by Crippen LogP contribution is 2.22. The van der Waals surface area contributed by atoms with E-state index >= 15 is 0 Å². The number of likely N-dealkylation sites (N-methyl/N-ethyl adjacent to an activating group) is 1. The maximum absolute atomic E-state index is 12.5. The normalized spacial score (nSPS) is 21.6. The molecule has 0 aliphatic carbocycles. The lowest BCUT2D eigenvalue weighted by Crippen LogP contribution is -2.43. The summed E-state index contributed by atoms with van der Waals surface area (Å²) in [6.45, 7) is 4.05. The number of hydrogen-bond donors (Lipinski definition) is 2. The maximum atomic E-state index is 12.5. The summed E-state index contributed by atoms with van der Waals surface area (Å²) in [5.74, 6) is -0.179. The van der Waals surface area contributed by atoms with E-state index in [0.29, 0.717) is 12.2 Å². The van der Waals surface area contributed by atoms with Crippen LogP contribution in [0.1, 0.15) is 28.8 Å². The predicted octanol–water partition coefficient (Wildman–Crippen LogP) is 0.352. The number of carboxylic acids is 1. The van der Waals surface area contributed by atoms with Gasteiger partial charge in [-0.25, -0.2) is 0 Å². The lowest BCUT2D eigenvalue weighted by Gasteiger charge is -2.24. The Morgan fingerprint density at radius 1 is 1.45 bits per heavy atom. The smallest absolute Gasteiger partial charge is 0.317 e. The summed E-state index contributed by atoms with van der Waals surface area (Å²) < 4.78 is 5.55. The van der Waals surface area contributed by atoms with Crippen molar-refractivity contribution in [1.29, 1.82) is 0 Å². The van der Waals surface area contributed by atoms with E-state index in [9.17, 15) is 14.7 Å². The Kier molecular flexibility index (Phi) is 4.87. The number of nitrogens with zero attached hydrogens (tertiary/aromatic N) is 2. The summed E-state index contributed by atoms with van der Waals surface area (Å²) in [4.78, 5) is 26.4. The van der Waals surface area contributed by atoms with Crippen molar-refractivity contribution in [2.24, 2.45) is 0 Å². The molecule has 22 heavy (non-hydrogen) atoms. The van der Waals surface area contributed by atoms with Crippen LogP contribution < -0.4 is 0 Å². The van der Waals surface area contributed by atoms with Gasteiger partial charge in [-0.1, -0.05) is 6.92 Å². The molecule has 2 heterocycles. The molecule has 1 amide bonds. The number of β-amino-alcohol motifs (C(OH)–C–C–N with tert-alkyl or cyclic N) is 1. The Bertz CT molecular complexity index is 568. The number of likely N-dealkylation sites (tertiary alicyclic amines) is 1. The number of aryl methyl sites for hydroxylation is 2. The molecule has 2 N–H and O–H groups in total. The molecular weight excluding hydrogens is 288 g/mol. The summed E-state index contributed by atoms with van der Waals surface area (Å²) in [7, 11) is 1.63. The second-order valence-corrected chi connectivity index (χ2v) is 5.73. The van der Waals surface area contributed by atoms with E-state index in [0.717, 1.165) is 11.3 Å². The molecule has 2 rings (SSSR count). The third kappa shape index (κ3) is 3.31. The molecule has 0 bridgehead atoms. The van der Waals surface area contributed by atoms with Crippen molar-refractivity contribution < 1.29 is 24.2 Å². The van der Waals surface area contributed by atoms with Gasteiger partial charge in [0.25, 0.3) is 5.91 Å². The molecule has 7 heteroatoms. The van der Waals surface area contributed by atoms with Gasteiger partial charge in [0.1, 0.15) is 5.76 Å². The van der Waals surface area contributed by atoms with Crippen molar-refractivity contribution >= 4 is 11.9 Å². The van der Waals surface area contributed by atoms with Gasteiger partial charge in [0.05, 0.1) is 18.7 Å². The Morgan fingerprint density at radius 2 is 2.14 bits per heavy atom. The molecule has 2 atom stereocenters. The van der Waals surface area contributed by atoms with Crippen LogP contribution in [0.2, 0.25) is 0 Å². The second-order valence-electron chi connectivity index (χ2n) is 5.73. The van der Waals surface area contributed by atoms with Gasteiger partial charge in [0.15, 0.2) is 5.76 Å². The van der Waals surface area contributed by atoms with Crippen molar-refractivity contribution in [2.45, 2.75) is 32.4 Å². The minimum Gasteiger partial charge on any atom is -0.480 e. The number of rotatable bonds is 5. The van der Waals surface area contributed by atoms with E-state index in [-0.39, 0.29) is 31.6 Å². The quantitative estimate of drug-likeness (QED) is 0.815. The molecule has 1 aliphatic heterocycles. The van der Waals surface area contributed by atoms with E-state index in [1.807, 2.05) is 19.9 Å². The number of carbonyl (C=O) groups is 2. The summed E-state index contributed by atoms with van der Waals surface area (Å²) in [5, 5.41) is 18.9. The van der Waals surface area contributed by atoms with Crippen molar-refractivity contribution in [3.8, 4) is 0 Å². The minimum absolute atomic E-state index is 0.176. The first kappa shape index (κ1) is 16.5. The molecule has 122 valence electrons. The average Bonchev–Trinajstić information content (AvgIpc) is 3.00. The maximum Gasteiger partial charge on any atom is 0.317 e. The van der Waals surface area contributed by atoms with Gasteiger partial charge < -0.3 is 19.5 Å². The zero-order valence-electron chi connectivity index (χ0n) is 13.1. The fraction of sp³-hybridized carbons (Fsp3) is 0.600. The number of hydrogen-bond acceptors (Lipinski definition) is 5. The van der Waals surface area contributed by atoms with Gasteiger partial charge in [-0.2, -0.15) is 0 Å². The van der Waals surface area contributed by atoms with E-state index in [4.69, 9.17) is 9.52 Å². The Labute approximate surface area is 129 Å². The SMILES string of the molecule is CCc1cc(C)c(C(=O)N2C[C@@H](O)[C@@H](N(C)CC(=O)O)C2)o1.